The van der Waals surface area contributed by atoms with Crippen molar-refractivity contribution in [3.63, 3.8) is 0 Å². The van der Waals surface area contributed by atoms with Crippen molar-refractivity contribution in [1.82, 2.24) is 4.98 Å². The van der Waals surface area contributed by atoms with Gasteiger partial charge in [0.05, 0.1) is 43.2 Å². The molecule has 3 N–H and O–H groups in total. The summed E-state index contributed by atoms with van der Waals surface area (Å²) in [5.74, 6) is 3.31. The Morgan fingerprint density at radius 2 is 1.36 bits per heavy atom. The van der Waals surface area contributed by atoms with Crippen molar-refractivity contribution in [3.8, 4) is 29.1 Å². The van der Waals surface area contributed by atoms with Gasteiger partial charge < -0.3 is 29.7 Å². The quantitative estimate of drug-likeness (QED) is 0.118. The van der Waals surface area contributed by atoms with E-state index in [9.17, 15) is 15.4 Å². The summed E-state index contributed by atoms with van der Waals surface area (Å²) in [5, 5.41) is 20.9. The molecule has 1 heterocycles. The van der Waals surface area contributed by atoms with E-state index in [2.05, 4.69) is 11.1 Å². The lowest BCUT2D eigenvalue weighted by Gasteiger charge is -2.10. The van der Waals surface area contributed by atoms with Crippen LogP contribution in [0.4, 0.5) is 11.5 Å². The molecule has 0 spiro atoms. The van der Waals surface area contributed by atoms with Gasteiger partial charge >= 0.3 is 0 Å². The van der Waals surface area contributed by atoms with Gasteiger partial charge in [-0.15, -0.1) is 0 Å². The van der Waals surface area contributed by atoms with Crippen LogP contribution in [0.2, 0.25) is 5.02 Å². The lowest BCUT2D eigenvalue weighted by atomic mass is 10.2. The number of nitrogen functional groups attached to an aromatic ring is 1. The zero-order chi connectivity index (χ0) is 31.8. The Hall–Kier alpha value is -4.70. The van der Waals surface area contributed by atoms with Gasteiger partial charge in [-0.2, -0.15) is 5.26 Å². The number of ether oxygens (including phenoxy) is 4. The highest BCUT2D eigenvalue weighted by molar-refractivity contribution is 7.99. The third kappa shape index (κ3) is 7.44. The molecule has 226 valence electrons. The van der Waals surface area contributed by atoms with Gasteiger partial charge in [-0.1, -0.05) is 35.1 Å². The van der Waals surface area contributed by atoms with Crippen molar-refractivity contribution in [2.24, 2.45) is 0 Å². The number of nitriles is 1. The fraction of sp³-hybridized carbons (Fsp3) is 0.129. The maximum Gasteiger partial charge on any atom is 0.287 e. The Bertz CT molecular complexity index is 1860. The summed E-state index contributed by atoms with van der Waals surface area (Å²) in [6, 6.07) is 23.6. The molecule has 5 rings (SSSR count). The predicted octanol–water partition coefficient (Wildman–Crippen LogP) is 8.21. The zero-order valence-electron chi connectivity index (χ0n) is 24.0. The summed E-state index contributed by atoms with van der Waals surface area (Å²) in [4.78, 5) is 16.8. The first kappa shape index (κ1) is 32.2. The number of methoxy groups -OCH3 is 4. The number of rotatable bonds is 9. The van der Waals surface area contributed by atoms with Crippen LogP contribution in [-0.2, 0) is 0 Å². The molecule has 0 fully saturated rings. The van der Waals surface area contributed by atoms with E-state index in [0.717, 1.165) is 42.0 Å². The number of benzene rings is 4. The van der Waals surface area contributed by atoms with Crippen LogP contribution in [0, 0.1) is 21.4 Å². The number of nitrogens with zero attached hydrogens (tertiary/aromatic N) is 2. The molecule has 0 amide bonds. The molecule has 0 atom stereocenters. The van der Waals surface area contributed by atoms with E-state index < -0.39 is 4.92 Å². The molecule has 0 aliphatic heterocycles. The van der Waals surface area contributed by atoms with Crippen LogP contribution in [0.3, 0.4) is 0 Å². The number of hydrogen-bond donors (Lipinski definition) is 2. The second kappa shape index (κ2) is 14.7. The molecule has 0 radical (unpaired) electrons. The third-order valence-electron chi connectivity index (χ3n) is 6.22. The molecule has 0 saturated carbocycles. The van der Waals surface area contributed by atoms with Crippen LogP contribution in [0.15, 0.2) is 92.4 Å². The number of hydrogen-bond acceptors (Lipinski definition) is 10. The normalized spacial score (nSPS) is 10.4. The van der Waals surface area contributed by atoms with Gasteiger partial charge in [0.15, 0.2) is 0 Å². The summed E-state index contributed by atoms with van der Waals surface area (Å²) in [6.45, 7) is 0. The molecule has 5 aromatic rings. The first-order valence-electron chi connectivity index (χ1n) is 12.8. The number of aromatic nitrogens is 1. The van der Waals surface area contributed by atoms with E-state index in [-0.39, 0.29) is 10.7 Å². The first-order chi connectivity index (χ1) is 21.2. The van der Waals surface area contributed by atoms with Gasteiger partial charge in [-0.05, 0) is 66.7 Å². The summed E-state index contributed by atoms with van der Waals surface area (Å²) < 4.78 is 21.1. The topological polar surface area (TPSA) is 146 Å². The minimum Gasteiger partial charge on any atom is -0.497 e. The fourth-order valence-electron chi connectivity index (χ4n) is 4.06. The number of fused-ring (bicyclic) bond motifs is 1. The minimum atomic E-state index is -0.511. The molecule has 0 aliphatic rings. The van der Waals surface area contributed by atoms with Crippen molar-refractivity contribution < 1.29 is 23.9 Å². The van der Waals surface area contributed by atoms with Crippen molar-refractivity contribution in [1.29, 1.82) is 5.26 Å². The Kier molecular flexibility index (Phi) is 10.7. The second-order valence-electron chi connectivity index (χ2n) is 8.84. The largest absolute Gasteiger partial charge is 0.497 e. The monoisotopic (exact) mass is 650 g/mol. The molecule has 0 saturated heterocycles. The summed E-state index contributed by atoms with van der Waals surface area (Å²) >= 11 is 8.85. The third-order valence-corrected chi connectivity index (χ3v) is 8.58. The molecular weight excluding hydrogens is 624 g/mol. The summed E-state index contributed by atoms with van der Waals surface area (Å²) in [5.41, 5.74) is 7.04. The molecule has 4 aromatic carbocycles. The molecule has 44 heavy (non-hydrogen) atoms. The van der Waals surface area contributed by atoms with Crippen molar-refractivity contribution >= 4 is 57.5 Å². The number of anilines is 1. The van der Waals surface area contributed by atoms with Gasteiger partial charge in [0.1, 0.15) is 45.5 Å². The van der Waals surface area contributed by atoms with E-state index in [4.69, 9.17) is 36.3 Å². The van der Waals surface area contributed by atoms with Gasteiger partial charge in [-0.3, -0.25) is 10.1 Å². The van der Waals surface area contributed by atoms with Crippen molar-refractivity contribution in [2.75, 3.05) is 34.2 Å². The summed E-state index contributed by atoms with van der Waals surface area (Å²) in [6.07, 6.45) is 0. The summed E-state index contributed by atoms with van der Waals surface area (Å²) in [7, 11) is 6.42. The van der Waals surface area contributed by atoms with Gasteiger partial charge in [0.25, 0.3) is 5.69 Å². The lowest BCUT2D eigenvalue weighted by Crippen LogP contribution is -1.90. The first-order valence-corrected chi connectivity index (χ1v) is 14.8. The maximum atomic E-state index is 10.8. The van der Waals surface area contributed by atoms with E-state index in [1.54, 1.807) is 64.5 Å². The average molecular weight is 651 g/mol. The SMILES string of the molecule is COc1ccc(OC)c(Sc2ccc([N+](=O)[O-])c(Cl)c2)c1.COc1ccc(OC)c(Sc2ccc3[nH]c(N)c(C#N)c3c2)c1. The average Bonchev–Trinajstić information content (AvgIpc) is 3.35. The Labute approximate surface area is 267 Å². The smallest absolute Gasteiger partial charge is 0.287 e. The van der Waals surface area contributed by atoms with E-state index in [1.165, 1.54) is 17.8 Å². The minimum absolute atomic E-state index is 0.104. The molecule has 0 bridgehead atoms. The molecule has 0 unspecified atom stereocenters. The van der Waals surface area contributed by atoms with Crippen molar-refractivity contribution in [2.45, 2.75) is 19.6 Å². The number of aromatic amines is 1. The highest BCUT2D eigenvalue weighted by atomic mass is 35.5. The number of nitro groups is 1. The lowest BCUT2D eigenvalue weighted by molar-refractivity contribution is -0.384. The number of halogens is 1. The van der Waals surface area contributed by atoms with E-state index in [0.29, 0.717) is 22.9 Å². The number of nitro benzene ring substituents is 1. The number of nitrogens with one attached hydrogen (secondary N) is 1. The molecular formula is C31H27ClN4O6S2. The zero-order valence-corrected chi connectivity index (χ0v) is 26.4. The fourth-order valence-corrected chi connectivity index (χ4v) is 6.36. The Morgan fingerprint density at radius 3 is 1.84 bits per heavy atom. The van der Waals surface area contributed by atoms with E-state index >= 15 is 0 Å². The van der Waals surface area contributed by atoms with Gasteiger partial charge in [0.2, 0.25) is 0 Å². The molecule has 0 aliphatic carbocycles. The molecule has 1 aromatic heterocycles. The Balaban J connectivity index is 0.000000202. The molecule has 13 heteroatoms. The van der Waals surface area contributed by atoms with Gasteiger partial charge in [0, 0.05) is 26.8 Å². The van der Waals surface area contributed by atoms with E-state index in [1.807, 2.05) is 42.5 Å². The predicted molar refractivity (Wildman–Crippen MR) is 173 cm³/mol. The highest BCUT2D eigenvalue weighted by Crippen LogP contribution is 2.40. The van der Waals surface area contributed by atoms with Crippen LogP contribution >= 0.6 is 35.1 Å². The number of H-pyrrole nitrogens is 1. The van der Waals surface area contributed by atoms with Crippen molar-refractivity contribution in [3.05, 3.63) is 93.5 Å². The van der Waals surface area contributed by atoms with Crippen LogP contribution in [0.25, 0.3) is 10.9 Å². The standard InChI is InChI=1S/C17H15N3O2S.C14H12ClNO4S/c1-21-10-3-6-15(22-2)16(7-10)23-11-4-5-14-12(8-11)13(9-18)17(19)20-14;1-19-9-3-6-13(20-2)14(7-9)21-10-4-5-12(16(17)18)11(15)8-10/h3-8,20H,19H2,1-2H3;3-8H,1-2H3. The highest BCUT2D eigenvalue weighted by Gasteiger charge is 2.15. The van der Waals surface area contributed by atoms with Crippen LogP contribution < -0.4 is 24.7 Å². The van der Waals surface area contributed by atoms with Crippen LogP contribution in [0.1, 0.15) is 5.56 Å². The van der Waals surface area contributed by atoms with Crippen LogP contribution in [0.5, 0.6) is 23.0 Å². The molecule has 10 nitrogen and oxygen atoms in total. The van der Waals surface area contributed by atoms with Gasteiger partial charge in [-0.25, -0.2) is 0 Å². The van der Waals surface area contributed by atoms with Crippen LogP contribution in [-0.4, -0.2) is 38.3 Å². The maximum absolute atomic E-state index is 10.8. The second-order valence-corrected chi connectivity index (χ2v) is 11.5. The Morgan fingerprint density at radius 1 is 0.818 bits per heavy atom. The number of nitrogens with two attached hydrogens (primary N) is 1.